The number of aliphatic imine (C=N–C) groups is 1. The molecule has 0 fully saturated rings. The first-order chi connectivity index (χ1) is 19.2. The normalized spacial score (nSPS) is 13.5. The van der Waals surface area contributed by atoms with Crippen LogP contribution in [0.25, 0.3) is 0 Å². The highest BCUT2D eigenvalue weighted by Gasteiger charge is 2.31. The van der Waals surface area contributed by atoms with Crippen LogP contribution in [-0.4, -0.2) is 82.4 Å². The van der Waals surface area contributed by atoms with Gasteiger partial charge in [0.15, 0.2) is 5.96 Å². The van der Waals surface area contributed by atoms with Crippen molar-refractivity contribution in [3.63, 3.8) is 0 Å². The van der Waals surface area contributed by atoms with Gasteiger partial charge in [-0.05, 0) is 37.0 Å². The number of nitrogens with two attached hydrogens (primary N) is 5. The molecule has 0 saturated carbocycles. The molecule has 0 bridgehead atoms. The molecule has 0 saturated heterocycles. The zero-order chi connectivity index (χ0) is 31.1. The number of carbonyl (C=O) groups excluding carboxylic acids is 5. The monoisotopic (exact) mass is 579 g/mol. The maximum Gasteiger partial charge on any atom is 0.326 e. The molecule has 0 heterocycles. The summed E-state index contributed by atoms with van der Waals surface area (Å²) in [7, 11) is 0. The summed E-state index contributed by atoms with van der Waals surface area (Å²) in [4.78, 5) is 76.9. The van der Waals surface area contributed by atoms with Crippen molar-refractivity contribution in [1.82, 2.24) is 16.0 Å². The molecule has 1 aromatic carbocycles. The molecular formula is C24H37N9O8. The predicted octanol–water partition coefficient (Wildman–Crippen LogP) is -4.00. The van der Waals surface area contributed by atoms with E-state index < -0.39 is 66.1 Å². The third-order valence-corrected chi connectivity index (χ3v) is 5.65. The summed E-state index contributed by atoms with van der Waals surface area (Å²) >= 11 is 0. The molecule has 0 spiro atoms. The van der Waals surface area contributed by atoms with Crippen molar-refractivity contribution in [2.24, 2.45) is 33.7 Å². The van der Waals surface area contributed by atoms with E-state index >= 15 is 0 Å². The first-order valence-electron chi connectivity index (χ1n) is 12.5. The fourth-order valence-electron chi connectivity index (χ4n) is 3.50. The number of hydrogen-bond donors (Lipinski definition) is 10. The molecular weight excluding hydrogens is 542 g/mol. The Labute approximate surface area is 235 Å². The number of phenolic OH excluding ortho intramolecular Hbond substituents is 1. The molecule has 5 amide bonds. The average molecular weight is 580 g/mol. The Morgan fingerprint density at radius 2 is 1.34 bits per heavy atom. The second-order valence-corrected chi connectivity index (χ2v) is 9.12. The van der Waals surface area contributed by atoms with Gasteiger partial charge in [0.2, 0.25) is 29.5 Å². The van der Waals surface area contributed by atoms with E-state index in [9.17, 15) is 39.0 Å². The van der Waals surface area contributed by atoms with Crippen molar-refractivity contribution in [3.05, 3.63) is 29.8 Å². The number of amides is 5. The van der Waals surface area contributed by atoms with Crippen LogP contribution >= 0.6 is 0 Å². The Balaban J connectivity index is 3.09. The van der Waals surface area contributed by atoms with Gasteiger partial charge in [0, 0.05) is 19.4 Å². The molecule has 41 heavy (non-hydrogen) atoms. The molecule has 226 valence electrons. The van der Waals surface area contributed by atoms with Crippen molar-refractivity contribution in [3.8, 4) is 5.75 Å². The van der Waals surface area contributed by atoms with Crippen molar-refractivity contribution in [1.29, 1.82) is 0 Å². The minimum absolute atomic E-state index is 0.0281. The summed E-state index contributed by atoms with van der Waals surface area (Å²) in [5, 5.41) is 26.1. The number of nitrogens with one attached hydrogen (secondary N) is 3. The molecule has 15 N–H and O–H groups in total. The second kappa shape index (κ2) is 16.9. The molecule has 17 nitrogen and oxygen atoms in total. The molecule has 1 aromatic rings. The number of aromatic hydroxyl groups is 1. The van der Waals surface area contributed by atoms with Crippen LogP contribution in [0.1, 0.15) is 37.7 Å². The highest BCUT2D eigenvalue weighted by Crippen LogP contribution is 2.12. The van der Waals surface area contributed by atoms with Crippen LogP contribution in [0.2, 0.25) is 0 Å². The number of hydrogen-bond acceptors (Lipinski definition) is 9. The van der Waals surface area contributed by atoms with Gasteiger partial charge in [-0.15, -0.1) is 0 Å². The molecule has 0 aromatic heterocycles. The smallest absolute Gasteiger partial charge is 0.326 e. The van der Waals surface area contributed by atoms with Crippen LogP contribution in [0.4, 0.5) is 0 Å². The van der Waals surface area contributed by atoms with Gasteiger partial charge in [-0.2, -0.15) is 0 Å². The molecule has 0 aliphatic rings. The number of rotatable bonds is 18. The van der Waals surface area contributed by atoms with E-state index in [0.717, 1.165) is 0 Å². The SMILES string of the molecule is NC(=O)CCC(N)C(=O)NC(CC(N)=O)C(=O)NC(CCCN=C(N)N)C(=O)NC(Cc1ccc(O)cc1)C(=O)O. The van der Waals surface area contributed by atoms with Gasteiger partial charge in [-0.25, -0.2) is 4.79 Å². The third-order valence-electron chi connectivity index (χ3n) is 5.65. The number of benzene rings is 1. The Kier molecular flexibility index (Phi) is 14.1. The number of primary amides is 2. The van der Waals surface area contributed by atoms with Crippen LogP contribution in [0.3, 0.4) is 0 Å². The lowest BCUT2D eigenvalue weighted by atomic mass is 10.0. The third kappa shape index (κ3) is 13.6. The van der Waals surface area contributed by atoms with Gasteiger partial charge in [0.1, 0.15) is 23.9 Å². The summed E-state index contributed by atoms with van der Waals surface area (Å²) < 4.78 is 0. The highest BCUT2D eigenvalue weighted by atomic mass is 16.4. The zero-order valence-electron chi connectivity index (χ0n) is 22.2. The van der Waals surface area contributed by atoms with Crippen molar-refractivity contribution >= 4 is 41.5 Å². The predicted molar refractivity (Wildman–Crippen MR) is 145 cm³/mol. The lowest BCUT2D eigenvalue weighted by Crippen LogP contribution is -2.58. The number of nitrogens with zero attached hydrogens (tertiary/aromatic N) is 1. The number of guanidine groups is 1. The molecule has 1 rings (SSSR count). The summed E-state index contributed by atoms with van der Waals surface area (Å²) in [6.07, 6.45) is -1.000. The second-order valence-electron chi connectivity index (χ2n) is 9.12. The summed E-state index contributed by atoms with van der Waals surface area (Å²) in [6.45, 7) is 0.0774. The zero-order valence-corrected chi connectivity index (χ0v) is 22.2. The first kappa shape index (κ1) is 34.1. The minimum atomic E-state index is -1.54. The van der Waals surface area contributed by atoms with Gasteiger partial charge in [-0.3, -0.25) is 29.0 Å². The first-order valence-corrected chi connectivity index (χ1v) is 12.5. The van der Waals surface area contributed by atoms with Crippen LogP contribution in [-0.2, 0) is 35.2 Å². The van der Waals surface area contributed by atoms with E-state index in [-0.39, 0.29) is 50.4 Å². The minimum Gasteiger partial charge on any atom is -0.508 e. The number of carboxylic acids is 1. The van der Waals surface area contributed by atoms with Gasteiger partial charge in [-0.1, -0.05) is 12.1 Å². The Morgan fingerprint density at radius 3 is 1.88 bits per heavy atom. The number of phenols is 1. The molecule has 0 aliphatic heterocycles. The van der Waals surface area contributed by atoms with Crippen molar-refractivity contribution < 1.29 is 39.0 Å². The van der Waals surface area contributed by atoms with Gasteiger partial charge in [0.25, 0.3) is 0 Å². The van der Waals surface area contributed by atoms with Crippen LogP contribution in [0.5, 0.6) is 5.75 Å². The molecule has 4 unspecified atom stereocenters. The summed E-state index contributed by atoms with van der Waals surface area (Å²) in [5.74, 6) is -5.97. The quantitative estimate of drug-likeness (QED) is 0.0453. The topological polar surface area (TPSA) is 321 Å². The molecule has 0 aliphatic carbocycles. The lowest BCUT2D eigenvalue weighted by Gasteiger charge is -2.25. The number of aliphatic carboxylic acids is 1. The Hall–Kier alpha value is -4.93. The average Bonchev–Trinajstić information content (AvgIpc) is 2.88. The highest BCUT2D eigenvalue weighted by molar-refractivity contribution is 5.96. The number of carboxylic acid groups (broad SMARTS) is 1. The fourth-order valence-corrected chi connectivity index (χ4v) is 3.50. The van der Waals surface area contributed by atoms with Crippen LogP contribution in [0, 0.1) is 0 Å². The van der Waals surface area contributed by atoms with E-state index in [1.807, 2.05) is 0 Å². The van der Waals surface area contributed by atoms with Gasteiger partial charge < -0.3 is 54.8 Å². The maximum absolute atomic E-state index is 13.1. The summed E-state index contributed by atoms with van der Waals surface area (Å²) in [5.41, 5.74) is 27.1. The van der Waals surface area contributed by atoms with Crippen molar-refractivity contribution in [2.75, 3.05) is 6.54 Å². The lowest BCUT2D eigenvalue weighted by molar-refractivity contribution is -0.142. The van der Waals surface area contributed by atoms with E-state index in [4.69, 9.17) is 28.7 Å². The van der Waals surface area contributed by atoms with Crippen LogP contribution < -0.4 is 44.6 Å². The van der Waals surface area contributed by atoms with E-state index in [2.05, 4.69) is 20.9 Å². The van der Waals surface area contributed by atoms with Crippen molar-refractivity contribution in [2.45, 2.75) is 62.7 Å². The molecule has 0 radical (unpaired) electrons. The molecule has 4 atom stereocenters. The van der Waals surface area contributed by atoms with Gasteiger partial charge >= 0.3 is 5.97 Å². The van der Waals surface area contributed by atoms with Crippen LogP contribution in [0.15, 0.2) is 29.3 Å². The largest absolute Gasteiger partial charge is 0.508 e. The summed E-state index contributed by atoms with van der Waals surface area (Å²) in [6, 6.07) is 0.156. The number of carbonyl (C=O) groups is 6. The Bertz CT molecular complexity index is 1120. The van der Waals surface area contributed by atoms with E-state index in [1.54, 1.807) is 0 Å². The van der Waals surface area contributed by atoms with Gasteiger partial charge in [0.05, 0.1) is 12.5 Å². The fraction of sp³-hybridized carbons (Fsp3) is 0.458. The standard InChI is InChI=1S/C24H37N9O8/c25-14(7-8-18(26)35)20(37)32-16(11-19(27)36)22(39)31-15(2-1-9-30-24(28)29)21(38)33-17(23(40)41)10-12-3-5-13(34)6-4-12/h3-6,14-17,34H,1-2,7-11,25H2,(H2,26,35)(H2,27,36)(H,31,39)(H,32,37)(H,33,38)(H,40,41)(H4,28,29,30). The van der Waals surface area contributed by atoms with E-state index in [0.29, 0.717) is 5.56 Å². The Morgan fingerprint density at radius 1 is 0.780 bits per heavy atom. The molecule has 17 heteroatoms. The van der Waals surface area contributed by atoms with E-state index in [1.165, 1.54) is 24.3 Å². The maximum atomic E-state index is 13.1.